The number of amides is 2. The first kappa shape index (κ1) is 17.0. The Labute approximate surface area is 145 Å². The molecule has 2 aliphatic rings. The van der Waals surface area contributed by atoms with Gasteiger partial charge in [0.2, 0.25) is 5.91 Å². The second-order valence-corrected chi connectivity index (χ2v) is 6.94. The van der Waals surface area contributed by atoms with Crippen molar-refractivity contribution in [2.45, 2.75) is 31.2 Å². The first-order chi connectivity index (χ1) is 11.6. The molecule has 2 heterocycles. The third-order valence-corrected chi connectivity index (χ3v) is 5.73. The minimum absolute atomic E-state index is 0.0782. The summed E-state index contributed by atoms with van der Waals surface area (Å²) in [5.41, 5.74) is 1.41. The van der Waals surface area contributed by atoms with Crippen LogP contribution >= 0.6 is 11.8 Å². The van der Waals surface area contributed by atoms with Crippen molar-refractivity contribution in [3.05, 3.63) is 23.3 Å². The fourth-order valence-electron chi connectivity index (χ4n) is 3.20. The smallest absolute Gasteiger partial charge is 0.260 e. The molecule has 7 heteroatoms. The molecule has 0 spiro atoms. The lowest BCUT2D eigenvalue weighted by atomic mass is 10.1. The number of carbonyl (C=O) groups is 2. The van der Waals surface area contributed by atoms with Gasteiger partial charge in [-0.15, -0.1) is 11.8 Å². The van der Waals surface area contributed by atoms with E-state index in [2.05, 4.69) is 12.2 Å². The van der Waals surface area contributed by atoms with E-state index < -0.39 is 6.04 Å². The largest absolute Gasteiger partial charge is 0.493 e. The molecule has 1 saturated heterocycles. The van der Waals surface area contributed by atoms with Crippen molar-refractivity contribution in [2.24, 2.45) is 0 Å². The van der Waals surface area contributed by atoms with Crippen LogP contribution in [0.25, 0.3) is 0 Å². The second kappa shape index (κ2) is 6.93. The van der Waals surface area contributed by atoms with Crippen LogP contribution < -0.4 is 14.8 Å². The Kier molecular flexibility index (Phi) is 4.89. The van der Waals surface area contributed by atoms with Crippen LogP contribution in [0.15, 0.2) is 12.1 Å². The summed E-state index contributed by atoms with van der Waals surface area (Å²) >= 11 is 1.62. The number of rotatable bonds is 6. The highest BCUT2D eigenvalue weighted by Crippen LogP contribution is 2.52. The van der Waals surface area contributed by atoms with Gasteiger partial charge in [0.1, 0.15) is 11.4 Å². The van der Waals surface area contributed by atoms with Gasteiger partial charge >= 0.3 is 0 Å². The van der Waals surface area contributed by atoms with Crippen molar-refractivity contribution in [1.29, 1.82) is 0 Å². The van der Waals surface area contributed by atoms with E-state index in [4.69, 9.17) is 9.47 Å². The molecule has 3 rings (SSSR count). The summed E-state index contributed by atoms with van der Waals surface area (Å²) in [6.45, 7) is 2.72. The van der Waals surface area contributed by atoms with Gasteiger partial charge in [-0.3, -0.25) is 9.59 Å². The molecule has 0 radical (unpaired) electrons. The highest BCUT2D eigenvalue weighted by molar-refractivity contribution is 7.99. The van der Waals surface area contributed by atoms with Crippen LogP contribution in [0.5, 0.6) is 11.5 Å². The Bertz CT molecular complexity index is 664. The summed E-state index contributed by atoms with van der Waals surface area (Å²) in [5, 5.41) is 2.80. The summed E-state index contributed by atoms with van der Waals surface area (Å²) in [4.78, 5) is 27.1. The number of hydrogen-bond acceptors (Lipinski definition) is 5. The number of nitrogens with one attached hydrogen (secondary N) is 1. The summed E-state index contributed by atoms with van der Waals surface area (Å²) in [5.74, 6) is 1.35. The third kappa shape index (κ3) is 2.60. The zero-order valence-corrected chi connectivity index (χ0v) is 14.9. The first-order valence-electron chi connectivity index (χ1n) is 8.10. The van der Waals surface area contributed by atoms with Crippen LogP contribution in [0, 0.1) is 0 Å². The molecule has 6 nitrogen and oxygen atoms in total. The number of hydrogen-bond donors (Lipinski definition) is 1. The van der Waals surface area contributed by atoms with Gasteiger partial charge in [0.25, 0.3) is 5.91 Å². The summed E-state index contributed by atoms with van der Waals surface area (Å²) < 4.78 is 10.7. The van der Waals surface area contributed by atoms with E-state index in [-0.39, 0.29) is 17.2 Å². The lowest BCUT2D eigenvalue weighted by Gasteiger charge is -2.22. The van der Waals surface area contributed by atoms with Gasteiger partial charge < -0.3 is 19.7 Å². The Morgan fingerprint density at radius 3 is 2.83 bits per heavy atom. The van der Waals surface area contributed by atoms with E-state index in [9.17, 15) is 9.59 Å². The van der Waals surface area contributed by atoms with Crippen molar-refractivity contribution in [3.63, 3.8) is 0 Å². The van der Waals surface area contributed by atoms with E-state index in [1.807, 2.05) is 12.1 Å². The zero-order chi connectivity index (χ0) is 17.3. The number of carbonyl (C=O) groups excluding carboxylic acids is 2. The lowest BCUT2D eigenvalue weighted by Crippen LogP contribution is -2.46. The molecule has 2 aliphatic heterocycles. The topological polar surface area (TPSA) is 67.9 Å². The number of nitrogens with zero attached hydrogens (tertiary/aromatic N) is 1. The number of methoxy groups -OCH3 is 2. The van der Waals surface area contributed by atoms with Crippen molar-refractivity contribution < 1.29 is 19.1 Å². The first-order valence-corrected chi connectivity index (χ1v) is 9.15. The standard InChI is InChI=1S/C17H22N2O4S/c1-4-5-8-18-15(20)11-9-24-17-10-6-7-12(22-2)14(23-3)13(10)16(21)19(11)17/h6-7,11,17H,4-5,8-9H2,1-3H3,(H,18,20)/t11-,17+/m0/s1. The normalized spacial score (nSPS) is 21.5. The molecule has 2 atom stereocenters. The van der Waals surface area contributed by atoms with Crippen LogP contribution in [0.1, 0.15) is 41.1 Å². The Morgan fingerprint density at radius 2 is 2.17 bits per heavy atom. The molecule has 130 valence electrons. The van der Waals surface area contributed by atoms with Crippen molar-refractivity contribution in [2.75, 3.05) is 26.5 Å². The van der Waals surface area contributed by atoms with Gasteiger partial charge in [-0.05, 0) is 12.5 Å². The lowest BCUT2D eigenvalue weighted by molar-refractivity contribution is -0.124. The summed E-state index contributed by atoms with van der Waals surface area (Å²) in [6.07, 6.45) is 1.96. The molecule has 1 aromatic carbocycles. The van der Waals surface area contributed by atoms with Crippen LogP contribution in [0.3, 0.4) is 0 Å². The molecule has 0 bridgehead atoms. The van der Waals surface area contributed by atoms with Crippen LogP contribution in [-0.2, 0) is 4.79 Å². The van der Waals surface area contributed by atoms with Crippen molar-refractivity contribution in [3.8, 4) is 11.5 Å². The fraction of sp³-hybridized carbons (Fsp3) is 0.529. The summed E-state index contributed by atoms with van der Waals surface area (Å²) in [6, 6.07) is 3.26. The number of unbranched alkanes of at least 4 members (excludes halogenated alkanes) is 1. The molecule has 24 heavy (non-hydrogen) atoms. The van der Waals surface area contributed by atoms with E-state index in [0.29, 0.717) is 29.4 Å². The maximum Gasteiger partial charge on any atom is 0.260 e. The van der Waals surface area contributed by atoms with Gasteiger partial charge in [-0.2, -0.15) is 0 Å². The highest BCUT2D eigenvalue weighted by Gasteiger charge is 2.50. The van der Waals surface area contributed by atoms with Crippen LogP contribution in [0.2, 0.25) is 0 Å². The number of fused-ring (bicyclic) bond motifs is 3. The van der Waals surface area contributed by atoms with Gasteiger partial charge in [0, 0.05) is 17.9 Å². The van der Waals surface area contributed by atoms with E-state index in [1.54, 1.807) is 23.8 Å². The monoisotopic (exact) mass is 350 g/mol. The molecule has 0 unspecified atom stereocenters. The SMILES string of the molecule is CCCCNC(=O)[C@@H]1CS[C@@H]2c3ccc(OC)c(OC)c3C(=O)N21. The minimum atomic E-state index is -0.438. The van der Waals surface area contributed by atoms with Gasteiger partial charge in [-0.25, -0.2) is 0 Å². The van der Waals surface area contributed by atoms with Crippen LogP contribution in [-0.4, -0.2) is 49.3 Å². The number of benzene rings is 1. The maximum atomic E-state index is 13.0. The Hall–Kier alpha value is -1.89. The average Bonchev–Trinajstić information content (AvgIpc) is 3.14. The van der Waals surface area contributed by atoms with Crippen molar-refractivity contribution >= 4 is 23.6 Å². The van der Waals surface area contributed by atoms with Crippen LogP contribution in [0.4, 0.5) is 0 Å². The predicted molar refractivity (Wildman–Crippen MR) is 92.6 cm³/mol. The zero-order valence-electron chi connectivity index (χ0n) is 14.1. The van der Waals surface area contributed by atoms with E-state index in [0.717, 1.165) is 18.4 Å². The van der Waals surface area contributed by atoms with E-state index >= 15 is 0 Å². The number of thioether (sulfide) groups is 1. The summed E-state index contributed by atoms with van der Waals surface area (Å²) in [7, 11) is 3.07. The molecular formula is C17H22N2O4S. The van der Waals surface area contributed by atoms with Crippen molar-refractivity contribution in [1.82, 2.24) is 10.2 Å². The predicted octanol–water partition coefficient (Wildman–Crippen LogP) is 2.19. The quantitative estimate of drug-likeness (QED) is 0.797. The molecule has 2 amide bonds. The molecule has 0 aliphatic carbocycles. The maximum absolute atomic E-state index is 13.0. The third-order valence-electron chi connectivity index (χ3n) is 4.42. The Balaban J connectivity index is 1.88. The molecule has 0 aromatic heterocycles. The molecule has 0 saturated carbocycles. The minimum Gasteiger partial charge on any atom is -0.493 e. The molecular weight excluding hydrogens is 328 g/mol. The molecule has 1 aromatic rings. The molecule has 1 N–H and O–H groups in total. The van der Waals surface area contributed by atoms with Gasteiger partial charge in [0.05, 0.1) is 19.8 Å². The van der Waals surface area contributed by atoms with E-state index in [1.165, 1.54) is 7.11 Å². The number of ether oxygens (including phenoxy) is 2. The van der Waals surface area contributed by atoms with Gasteiger partial charge in [-0.1, -0.05) is 19.4 Å². The average molecular weight is 350 g/mol. The fourth-order valence-corrected chi connectivity index (χ4v) is 4.66. The highest BCUT2D eigenvalue weighted by atomic mass is 32.2. The van der Waals surface area contributed by atoms with Gasteiger partial charge in [0.15, 0.2) is 11.5 Å². The second-order valence-electron chi connectivity index (χ2n) is 5.82. The Morgan fingerprint density at radius 1 is 1.38 bits per heavy atom. The molecule has 1 fully saturated rings.